The molecule has 1 aromatic carbocycles. The average Bonchev–Trinajstić information content (AvgIpc) is 3.23. The largest absolute Gasteiger partial charge is 1.00 e. The molecule has 2 bridgehead atoms. The maximum atomic E-state index is 12.6. The van der Waals surface area contributed by atoms with Gasteiger partial charge in [-0.1, -0.05) is 6.08 Å². The van der Waals surface area contributed by atoms with E-state index in [1.165, 1.54) is 44.8 Å². The van der Waals surface area contributed by atoms with Crippen molar-refractivity contribution in [3.63, 3.8) is 0 Å². The molecule has 4 rings (SSSR count). The minimum Gasteiger partial charge on any atom is -0.507 e. The number of amidine groups is 1. The minimum atomic E-state index is -4.53. The number of halogens is 3. The van der Waals surface area contributed by atoms with Gasteiger partial charge < -0.3 is 15.3 Å². The molecule has 144 valence electrons. The number of benzene rings is 1. The van der Waals surface area contributed by atoms with Crippen molar-refractivity contribution >= 4 is 11.5 Å². The summed E-state index contributed by atoms with van der Waals surface area (Å²) in [7, 11) is 0. The molecule has 1 aromatic rings. The number of hydrogen-bond donors (Lipinski definition) is 2. The second-order valence-electron chi connectivity index (χ2n) is 6.85. The Bertz CT molecular complexity index is 805. The Hall–Kier alpha value is -1.41. The topological polar surface area (TPSA) is 65.7 Å². The first kappa shape index (κ1) is 22.9. The number of allylic oxidation sites excluding steroid dienone is 1. The van der Waals surface area contributed by atoms with E-state index in [9.17, 15) is 18.3 Å². The molecule has 0 spiro atoms. The SMILES string of the molecule is C1CC2CCC1O2.[CH-]=C1C=CC(c2c(C)cc(C(F)(F)F)cc2O)=NC1=N.[Na+]. The number of phenolic OH excluding ortho intramolecular Hbond substituents is 1. The predicted octanol–water partition coefficient (Wildman–Crippen LogP) is 1.75. The fourth-order valence-corrected chi connectivity index (χ4v) is 3.45. The monoisotopic (exact) mass is 400 g/mol. The van der Waals surface area contributed by atoms with Gasteiger partial charge in [-0.2, -0.15) is 24.8 Å². The summed E-state index contributed by atoms with van der Waals surface area (Å²) < 4.78 is 43.3. The van der Waals surface area contributed by atoms with Crippen LogP contribution < -0.4 is 29.6 Å². The van der Waals surface area contributed by atoms with E-state index in [0.29, 0.717) is 18.3 Å². The Kier molecular flexibility index (Phi) is 7.31. The number of phenols is 1. The number of aryl methyl sites for hydroxylation is 1. The molecule has 2 saturated heterocycles. The number of dihydropyridines is 1. The van der Waals surface area contributed by atoms with Gasteiger partial charge in [-0.3, -0.25) is 4.99 Å². The predicted molar refractivity (Wildman–Crippen MR) is 96.2 cm³/mol. The molecular weight excluding hydrogens is 380 g/mol. The second kappa shape index (κ2) is 8.95. The number of nitrogens with zero attached hydrogens (tertiary/aromatic N) is 1. The van der Waals surface area contributed by atoms with Crippen molar-refractivity contribution in [2.24, 2.45) is 4.99 Å². The number of ether oxygens (including phenoxy) is 1. The van der Waals surface area contributed by atoms with Gasteiger partial charge in [0.25, 0.3) is 0 Å². The molecule has 0 aromatic heterocycles. The summed E-state index contributed by atoms with van der Waals surface area (Å²) >= 11 is 0. The van der Waals surface area contributed by atoms with Gasteiger partial charge in [0.15, 0.2) is 0 Å². The van der Waals surface area contributed by atoms with Gasteiger partial charge >= 0.3 is 35.7 Å². The molecule has 0 saturated carbocycles. The quantitative estimate of drug-likeness (QED) is 0.557. The average molecular weight is 400 g/mol. The van der Waals surface area contributed by atoms with Crippen molar-refractivity contribution < 1.29 is 52.6 Å². The molecule has 4 nitrogen and oxygen atoms in total. The first-order valence-corrected chi connectivity index (χ1v) is 8.70. The van der Waals surface area contributed by atoms with Crippen molar-refractivity contribution in [3.05, 3.63) is 53.1 Å². The third kappa shape index (κ3) is 5.14. The van der Waals surface area contributed by atoms with Gasteiger partial charge in [-0.15, -0.1) is 0 Å². The summed E-state index contributed by atoms with van der Waals surface area (Å²) in [6.45, 7) is 6.90. The molecule has 8 heteroatoms. The van der Waals surface area contributed by atoms with E-state index < -0.39 is 17.5 Å². The van der Waals surface area contributed by atoms with Crippen LogP contribution >= 0.6 is 0 Å². The normalized spacial score (nSPS) is 23.1. The fourth-order valence-electron chi connectivity index (χ4n) is 3.45. The first-order valence-electron chi connectivity index (χ1n) is 8.70. The third-order valence-electron chi connectivity index (χ3n) is 4.83. The van der Waals surface area contributed by atoms with Crippen LogP contribution in [0.5, 0.6) is 5.75 Å². The number of aliphatic imine (C=N–C) groups is 1. The maximum absolute atomic E-state index is 12.6. The van der Waals surface area contributed by atoms with Gasteiger partial charge in [-0.25, -0.2) is 6.58 Å². The molecule has 2 fully saturated rings. The Labute approximate surface area is 184 Å². The Morgan fingerprint density at radius 3 is 2.11 bits per heavy atom. The summed E-state index contributed by atoms with van der Waals surface area (Å²) in [5.74, 6) is -0.727. The molecule has 3 aliphatic heterocycles. The van der Waals surface area contributed by atoms with E-state index in [4.69, 9.17) is 16.7 Å². The summed E-state index contributed by atoms with van der Waals surface area (Å²) in [4.78, 5) is 3.86. The summed E-state index contributed by atoms with van der Waals surface area (Å²) in [5.41, 5.74) is -0.205. The molecule has 28 heavy (non-hydrogen) atoms. The Morgan fingerprint density at radius 2 is 1.71 bits per heavy atom. The van der Waals surface area contributed by atoms with Crippen LogP contribution in [0, 0.1) is 18.9 Å². The van der Waals surface area contributed by atoms with Crippen LogP contribution in [-0.4, -0.2) is 28.9 Å². The van der Waals surface area contributed by atoms with E-state index in [1.54, 1.807) is 0 Å². The van der Waals surface area contributed by atoms with Crippen LogP contribution in [-0.2, 0) is 10.9 Å². The van der Waals surface area contributed by atoms with Gasteiger partial charge in [0, 0.05) is 17.1 Å². The Balaban J connectivity index is 0.000000291. The van der Waals surface area contributed by atoms with Crippen LogP contribution in [0.15, 0.2) is 34.9 Å². The fraction of sp³-hybridized carbons (Fsp3) is 0.400. The zero-order valence-electron chi connectivity index (χ0n) is 15.8. The second-order valence-corrected chi connectivity index (χ2v) is 6.85. The zero-order chi connectivity index (χ0) is 19.8. The van der Waals surface area contributed by atoms with Crippen molar-refractivity contribution in [2.75, 3.05) is 0 Å². The number of nitrogens with one attached hydrogen (secondary N) is 1. The smallest absolute Gasteiger partial charge is 0.507 e. The number of fused-ring (bicyclic) bond motifs is 2. The van der Waals surface area contributed by atoms with Crippen LogP contribution in [0.3, 0.4) is 0 Å². The molecule has 0 radical (unpaired) electrons. The molecule has 0 atom stereocenters. The van der Waals surface area contributed by atoms with Crippen molar-refractivity contribution in [1.82, 2.24) is 0 Å². The third-order valence-corrected chi connectivity index (χ3v) is 4.83. The molecule has 3 aliphatic rings. The van der Waals surface area contributed by atoms with Gasteiger partial charge in [-0.05, 0) is 50.3 Å². The van der Waals surface area contributed by atoms with Gasteiger partial charge in [0.1, 0.15) is 5.75 Å². The summed E-state index contributed by atoms with van der Waals surface area (Å²) in [5, 5.41) is 17.3. The number of aromatic hydroxyl groups is 1. The molecule has 0 amide bonds. The van der Waals surface area contributed by atoms with E-state index in [-0.39, 0.29) is 57.8 Å². The van der Waals surface area contributed by atoms with Gasteiger partial charge in [0.2, 0.25) is 0 Å². The molecular formula is C20H20F3N2NaO2. The molecule has 0 aliphatic carbocycles. The van der Waals surface area contributed by atoms with E-state index >= 15 is 0 Å². The van der Waals surface area contributed by atoms with Gasteiger partial charge in [0.05, 0.1) is 17.8 Å². The summed E-state index contributed by atoms with van der Waals surface area (Å²) in [6.07, 6.45) is 5.03. The van der Waals surface area contributed by atoms with Crippen molar-refractivity contribution in [1.29, 1.82) is 5.41 Å². The molecule has 0 unspecified atom stereocenters. The standard InChI is InChI=1S/C14H10F3N2O.C6H10O.Na/c1-7-3-4-10(19-13(7)18)12-8(2)5-9(6-11(12)20)14(15,16)17;1-2-6-4-3-5(1)7-6;/h1,3-6,18,20H,2H3;5-6H,1-4H2;/q-1;;+1. The molecule has 2 N–H and O–H groups in total. The van der Waals surface area contributed by atoms with Crippen molar-refractivity contribution in [2.45, 2.75) is 51.0 Å². The first-order chi connectivity index (χ1) is 12.6. The number of hydrogen-bond acceptors (Lipinski definition) is 3. The Morgan fingerprint density at radius 1 is 1.14 bits per heavy atom. The summed E-state index contributed by atoms with van der Waals surface area (Å²) in [6, 6.07) is 1.57. The zero-order valence-corrected chi connectivity index (χ0v) is 17.8. The van der Waals surface area contributed by atoms with Crippen molar-refractivity contribution in [3.8, 4) is 5.75 Å². The van der Waals surface area contributed by atoms with E-state index in [2.05, 4.69) is 4.99 Å². The maximum Gasteiger partial charge on any atom is 1.00 e. The van der Waals surface area contributed by atoms with Crippen LogP contribution in [0.2, 0.25) is 0 Å². The van der Waals surface area contributed by atoms with Crippen LogP contribution in [0.4, 0.5) is 13.2 Å². The number of rotatable bonds is 1. The van der Waals surface area contributed by atoms with E-state index in [1.807, 2.05) is 0 Å². The van der Waals surface area contributed by atoms with Crippen LogP contribution in [0.25, 0.3) is 0 Å². The minimum absolute atomic E-state index is 0. The number of alkyl halides is 3. The van der Waals surface area contributed by atoms with E-state index in [0.717, 1.165) is 6.07 Å². The van der Waals surface area contributed by atoms with Crippen LogP contribution in [0.1, 0.15) is 42.4 Å². The molecule has 3 heterocycles.